The van der Waals surface area contributed by atoms with E-state index < -0.39 is 0 Å². The number of hydrogen-bond donors (Lipinski definition) is 1. The molecule has 0 saturated carbocycles. The van der Waals surface area contributed by atoms with Gasteiger partial charge in [0.2, 0.25) is 0 Å². The first-order chi connectivity index (χ1) is 9.38. The van der Waals surface area contributed by atoms with Crippen LogP contribution in [0, 0.1) is 5.92 Å². The largest absolute Gasteiger partial charge is 0.383 e. The number of thiophene rings is 1. The lowest BCUT2D eigenvalue weighted by atomic mass is 9.98. The van der Waals surface area contributed by atoms with E-state index in [1.54, 1.807) is 7.11 Å². The molecule has 1 aromatic rings. The number of ether oxygens (including phenoxy) is 1. The van der Waals surface area contributed by atoms with Crippen molar-refractivity contribution in [3.8, 4) is 0 Å². The molecule has 2 heterocycles. The summed E-state index contributed by atoms with van der Waals surface area (Å²) in [6.45, 7) is 6.68. The predicted octanol–water partition coefficient (Wildman–Crippen LogP) is 2.24. The van der Waals surface area contributed by atoms with E-state index in [1.807, 2.05) is 11.3 Å². The Hall–Kier alpha value is -0.420. The van der Waals surface area contributed by atoms with Crippen LogP contribution in [0.3, 0.4) is 0 Å². The quantitative estimate of drug-likeness (QED) is 0.740. The Balaban J connectivity index is 1.62. The molecule has 19 heavy (non-hydrogen) atoms. The van der Waals surface area contributed by atoms with Crippen LogP contribution in [0.4, 0.5) is 0 Å². The Morgan fingerprint density at radius 1 is 1.53 bits per heavy atom. The first-order valence-corrected chi connectivity index (χ1v) is 8.21. The highest BCUT2D eigenvalue weighted by molar-refractivity contribution is 7.09. The van der Waals surface area contributed by atoms with Crippen molar-refractivity contribution in [2.75, 3.05) is 46.4 Å². The Morgan fingerprint density at radius 3 is 3.26 bits per heavy atom. The Bertz CT molecular complexity index is 329. The summed E-state index contributed by atoms with van der Waals surface area (Å²) in [5, 5.41) is 5.67. The van der Waals surface area contributed by atoms with Crippen LogP contribution < -0.4 is 5.32 Å². The first kappa shape index (κ1) is 15.0. The minimum atomic E-state index is 0.814. The number of hydrogen-bond acceptors (Lipinski definition) is 4. The van der Waals surface area contributed by atoms with Gasteiger partial charge in [0.25, 0.3) is 0 Å². The molecule has 0 spiro atoms. The fraction of sp³-hybridized carbons (Fsp3) is 0.733. The number of methoxy groups -OCH3 is 1. The van der Waals surface area contributed by atoms with Crippen LogP contribution in [-0.4, -0.2) is 51.3 Å². The van der Waals surface area contributed by atoms with Crippen molar-refractivity contribution in [2.24, 2.45) is 5.92 Å². The molecule has 1 saturated heterocycles. The molecular formula is C15H26N2OS. The van der Waals surface area contributed by atoms with Crippen LogP contribution in [0.1, 0.15) is 17.7 Å². The van der Waals surface area contributed by atoms with E-state index >= 15 is 0 Å². The number of likely N-dealkylation sites (tertiary alicyclic amines) is 1. The summed E-state index contributed by atoms with van der Waals surface area (Å²) in [5.74, 6) is 0.814. The summed E-state index contributed by atoms with van der Waals surface area (Å²) < 4.78 is 5.06. The van der Waals surface area contributed by atoms with E-state index in [-0.39, 0.29) is 0 Å². The van der Waals surface area contributed by atoms with Crippen molar-refractivity contribution in [2.45, 2.75) is 19.3 Å². The molecule has 0 aromatic carbocycles. The lowest BCUT2D eigenvalue weighted by molar-refractivity contribution is 0.166. The zero-order chi connectivity index (χ0) is 13.3. The number of nitrogens with zero attached hydrogens (tertiary/aromatic N) is 1. The van der Waals surface area contributed by atoms with Gasteiger partial charge in [-0.3, -0.25) is 0 Å². The van der Waals surface area contributed by atoms with Gasteiger partial charge in [-0.05, 0) is 49.7 Å². The summed E-state index contributed by atoms with van der Waals surface area (Å²) in [6.07, 6.45) is 3.93. The van der Waals surface area contributed by atoms with Gasteiger partial charge < -0.3 is 15.0 Å². The van der Waals surface area contributed by atoms with E-state index in [4.69, 9.17) is 4.74 Å². The molecule has 1 aliphatic heterocycles. The third kappa shape index (κ3) is 5.61. The van der Waals surface area contributed by atoms with Gasteiger partial charge in [0, 0.05) is 31.6 Å². The van der Waals surface area contributed by atoms with E-state index in [9.17, 15) is 0 Å². The highest BCUT2D eigenvalue weighted by Crippen LogP contribution is 2.17. The smallest absolute Gasteiger partial charge is 0.0587 e. The maximum atomic E-state index is 5.06. The van der Waals surface area contributed by atoms with Crippen LogP contribution in [0.25, 0.3) is 0 Å². The zero-order valence-electron chi connectivity index (χ0n) is 11.9. The van der Waals surface area contributed by atoms with Crippen molar-refractivity contribution in [3.05, 3.63) is 22.4 Å². The minimum Gasteiger partial charge on any atom is -0.383 e. The Kier molecular flexibility index (Phi) is 6.85. The van der Waals surface area contributed by atoms with Crippen LogP contribution in [-0.2, 0) is 11.2 Å². The van der Waals surface area contributed by atoms with Crippen molar-refractivity contribution in [3.63, 3.8) is 0 Å². The molecule has 1 N–H and O–H groups in total. The van der Waals surface area contributed by atoms with Crippen molar-refractivity contribution < 1.29 is 4.74 Å². The van der Waals surface area contributed by atoms with Crippen LogP contribution in [0.5, 0.6) is 0 Å². The van der Waals surface area contributed by atoms with Crippen LogP contribution >= 0.6 is 11.3 Å². The topological polar surface area (TPSA) is 24.5 Å². The second kappa shape index (κ2) is 8.69. The molecule has 1 aliphatic rings. The van der Waals surface area contributed by atoms with Gasteiger partial charge in [0.05, 0.1) is 6.61 Å². The predicted molar refractivity (Wildman–Crippen MR) is 81.9 cm³/mol. The maximum absolute atomic E-state index is 5.06. The summed E-state index contributed by atoms with van der Waals surface area (Å²) in [5.41, 5.74) is 0. The van der Waals surface area contributed by atoms with Gasteiger partial charge in [-0.15, -0.1) is 11.3 Å². The molecule has 0 amide bonds. The molecule has 4 heteroatoms. The summed E-state index contributed by atoms with van der Waals surface area (Å²) in [7, 11) is 1.76. The Morgan fingerprint density at radius 2 is 2.47 bits per heavy atom. The molecular weight excluding hydrogens is 256 g/mol. The maximum Gasteiger partial charge on any atom is 0.0587 e. The zero-order valence-corrected chi connectivity index (χ0v) is 12.8. The van der Waals surface area contributed by atoms with Gasteiger partial charge in [-0.1, -0.05) is 6.07 Å². The van der Waals surface area contributed by atoms with Gasteiger partial charge in [0.15, 0.2) is 0 Å². The Labute approximate surface area is 121 Å². The molecule has 108 valence electrons. The molecule has 0 radical (unpaired) electrons. The first-order valence-electron chi connectivity index (χ1n) is 7.33. The van der Waals surface area contributed by atoms with Gasteiger partial charge in [-0.2, -0.15) is 0 Å². The average molecular weight is 282 g/mol. The highest BCUT2D eigenvalue weighted by Gasteiger charge is 2.19. The summed E-state index contributed by atoms with van der Waals surface area (Å²) in [4.78, 5) is 4.15. The molecule has 0 bridgehead atoms. The fourth-order valence-corrected chi connectivity index (χ4v) is 3.42. The molecule has 2 rings (SSSR count). The van der Waals surface area contributed by atoms with Crippen molar-refractivity contribution in [1.29, 1.82) is 0 Å². The lowest BCUT2D eigenvalue weighted by Gasteiger charge is -2.32. The number of nitrogens with one attached hydrogen (secondary N) is 1. The standard InChI is InChI=1S/C15H26N2OS/c1-18-10-7-16-12-14-4-2-8-17(13-14)9-6-15-5-3-11-19-15/h3,5,11,14,16H,2,4,6-10,12-13H2,1H3. The van der Waals surface area contributed by atoms with Crippen LogP contribution in [0.2, 0.25) is 0 Å². The van der Waals surface area contributed by atoms with Crippen LogP contribution in [0.15, 0.2) is 17.5 Å². The van der Waals surface area contributed by atoms with Gasteiger partial charge in [-0.25, -0.2) is 0 Å². The number of rotatable bonds is 8. The molecule has 0 aliphatic carbocycles. The second-order valence-corrected chi connectivity index (χ2v) is 6.37. The summed E-state index contributed by atoms with van der Waals surface area (Å²) >= 11 is 1.88. The average Bonchev–Trinajstić information content (AvgIpc) is 2.95. The van der Waals surface area contributed by atoms with E-state index in [1.165, 1.54) is 43.8 Å². The third-order valence-electron chi connectivity index (χ3n) is 3.77. The summed E-state index contributed by atoms with van der Waals surface area (Å²) in [6, 6.07) is 4.40. The minimum absolute atomic E-state index is 0.814. The molecule has 3 nitrogen and oxygen atoms in total. The van der Waals surface area contributed by atoms with Gasteiger partial charge in [0.1, 0.15) is 0 Å². The monoisotopic (exact) mass is 282 g/mol. The highest BCUT2D eigenvalue weighted by atomic mass is 32.1. The molecule has 1 aromatic heterocycles. The van der Waals surface area contributed by atoms with Crippen molar-refractivity contribution >= 4 is 11.3 Å². The number of piperidine rings is 1. The van der Waals surface area contributed by atoms with Gasteiger partial charge >= 0.3 is 0 Å². The second-order valence-electron chi connectivity index (χ2n) is 5.34. The SMILES string of the molecule is COCCNCC1CCCN(CCc2cccs2)C1. The third-order valence-corrected chi connectivity index (χ3v) is 4.71. The lowest BCUT2D eigenvalue weighted by Crippen LogP contribution is -2.40. The molecule has 1 unspecified atom stereocenters. The van der Waals surface area contributed by atoms with Crippen molar-refractivity contribution in [1.82, 2.24) is 10.2 Å². The fourth-order valence-electron chi connectivity index (χ4n) is 2.72. The van der Waals surface area contributed by atoms with E-state index in [0.29, 0.717) is 0 Å². The van der Waals surface area contributed by atoms with E-state index in [0.717, 1.165) is 25.6 Å². The normalized spacial score (nSPS) is 20.8. The molecule has 1 atom stereocenters. The van der Waals surface area contributed by atoms with E-state index in [2.05, 4.69) is 27.7 Å². The molecule has 1 fully saturated rings.